The molecule has 0 saturated heterocycles. The quantitative estimate of drug-likeness (QED) is 0.810. The van der Waals surface area contributed by atoms with Crippen LogP contribution in [0.3, 0.4) is 0 Å². The number of carbonyl (C=O) groups is 1. The van der Waals surface area contributed by atoms with E-state index in [9.17, 15) is 4.79 Å². The number of aromatic nitrogens is 2. The zero-order valence-electron chi connectivity index (χ0n) is 9.33. The first kappa shape index (κ1) is 12.6. The predicted octanol–water partition coefficient (Wildman–Crippen LogP) is 3.52. The van der Waals surface area contributed by atoms with Crippen LogP contribution in [-0.2, 0) is 13.5 Å². The van der Waals surface area contributed by atoms with Crippen molar-refractivity contribution in [1.29, 1.82) is 0 Å². The number of hydrogen-bond donors (Lipinski definition) is 0. The largest absolute Gasteiger partial charge is 0.293 e. The highest BCUT2D eigenvalue weighted by Crippen LogP contribution is 2.26. The van der Waals surface area contributed by atoms with Crippen LogP contribution in [0.4, 0.5) is 0 Å². The van der Waals surface area contributed by atoms with Gasteiger partial charge in [-0.3, -0.25) is 9.48 Å². The van der Waals surface area contributed by atoms with Crippen molar-refractivity contribution in [3.63, 3.8) is 0 Å². The maximum atomic E-state index is 12.0. The second kappa shape index (κ2) is 4.80. The van der Waals surface area contributed by atoms with Crippen LogP contribution >= 0.6 is 34.5 Å². The number of rotatable bonds is 3. The summed E-state index contributed by atoms with van der Waals surface area (Å²) in [7, 11) is 1.78. The van der Waals surface area contributed by atoms with Gasteiger partial charge in [0.05, 0.1) is 32.7 Å². The lowest BCUT2D eigenvalue weighted by Gasteiger charge is -2.01. The monoisotopic (exact) mass is 288 g/mol. The van der Waals surface area contributed by atoms with Crippen molar-refractivity contribution in [3.05, 3.63) is 37.8 Å². The molecular weight excluding hydrogens is 279 g/mol. The van der Waals surface area contributed by atoms with Gasteiger partial charge in [-0.1, -0.05) is 23.2 Å². The highest BCUT2D eigenvalue weighted by atomic mass is 35.5. The molecule has 0 aliphatic carbocycles. The molecule has 0 fully saturated rings. The standard InChI is InChI=1S/C11H10Cl2N2OS/c1-6-10(13)8(15(2)14-6)5-9(16)11-7(12)3-4-17-11/h3-4H,5H2,1-2H3. The number of Topliss-reactive ketones (excluding diaryl/α,β-unsaturated/α-hetero) is 1. The Balaban J connectivity index is 2.28. The van der Waals surface area contributed by atoms with E-state index in [4.69, 9.17) is 23.2 Å². The molecule has 2 aromatic heterocycles. The smallest absolute Gasteiger partial charge is 0.180 e. The fourth-order valence-corrected chi connectivity index (χ4v) is 2.93. The van der Waals surface area contributed by atoms with Crippen LogP contribution in [0.1, 0.15) is 21.1 Å². The third-order valence-electron chi connectivity index (χ3n) is 2.46. The highest BCUT2D eigenvalue weighted by molar-refractivity contribution is 7.12. The summed E-state index contributed by atoms with van der Waals surface area (Å²) in [5, 5.41) is 7.01. The number of halogens is 2. The normalized spacial score (nSPS) is 10.8. The van der Waals surface area contributed by atoms with Crippen LogP contribution in [0, 0.1) is 6.92 Å². The molecule has 0 unspecified atom stereocenters. The lowest BCUT2D eigenvalue weighted by atomic mass is 10.2. The van der Waals surface area contributed by atoms with Crippen LogP contribution in [0.15, 0.2) is 11.4 Å². The maximum absolute atomic E-state index is 12.0. The van der Waals surface area contributed by atoms with Crippen molar-refractivity contribution < 1.29 is 4.79 Å². The summed E-state index contributed by atoms with van der Waals surface area (Å²) in [6.07, 6.45) is 0.219. The molecule has 0 N–H and O–H groups in total. The summed E-state index contributed by atoms with van der Waals surface area (Å²) in [5.74, 6) is -0.0325. The Morgan fingerprint density at radius 2 is 2.24 bits per heavy atom. The molecule has 0 spiro atoms. The molecule has 0 amide bonds. The Bertz CT molecular complexity index is 574. The van der Waals surface area contributed by atoms with E-state index in [1.165, 1.54) is 11.3 Å². The Hall–Kier alpha value is -0.840. The van der Waals surface area contributed by atoms with Crippen LogP contribution in [0.5, 0.6) is 0 Å². The first-order valence-electron chi connectivity index (χ1n) is 4.95. The van der Waals surface area contributed by atoms with Gasteiger partial charge in [-0.15, -0.1) is 11.3 Å². The Morgan fingerprint density at radius 3 is 2.71 bits per heavy atom. The van der Waals surface area contributed by atoms with Gasteiger partial charge < -0.3 is 0 Å². The van der Waals surface area contributed by atoms with Crippen molar-refractivity contribution in [2.75, 3.05) is 0 Å². The van der Waals surface area contributed by atoms with E-state index in [2.05, 4.69) is 5.10 Å². The summed E-state index contributed by atoms with van der Waals surface area (Å²) < 4.78 is 1.64. The van der Waals surface area contributed by atoms with Crippen LogP contribution < -0.4 is 0 Å². The number of nitrogens with zero attached hydrogens (tertiary/aromatic N) is 2. The van der Waals surface area contributed by atoms with E-state index < -0.39 is 0 Å². The van der Waals surface area contributed by atoms with Crippen LogP contribution in [-0.4, -0.2) is 15.6 Å². The zero-order valence-corrected chi connectivity index (χ0v) is 11.7. The fraction of sp³-hybridized carbons (Fsp3) is 0.273. The van der Waals surface area contributed by atoms with Gasteiger partial charge in [-0.2, -0.15) is 5.10 Å². The molecule has 0 saturated carbocycles. The SMILES string of the molecule is Cc1nn(C)c(CC(=O)c2sccc2Cl)c1Cl. The molecule has 0 bridgehead atoms. The van der Waals surface area contributed by atoms with Gasteiger partial charge in [0.15, 0.2) is 5.78 Å². The molecule has 0 atom stereocenters. The van der Waals surface area contributed by atoms with Gasteiger partial charge in [0, 0.05) is 7.05 Å². The molecule has 0 aliphatic rings. The van der Waals surface area contributed by atoms with E-state index in [1.807, 2.05) is 6.92 Å². The van der Waals surface area contributed by atoms with Gasteiger partial charge in [-0.25, -0.2) is 0 Å². The topological polar surface area (TPSA) is 34.9 Å². The zero-order chi connectivity index (χ0) is 12.6. The molecule has 0 radical (unpaired) electrons. The Morgan fingerprint density at radius 1 is 1.53 bits per heavy atom. The molecule has 2 aromatic rings. The highest BCUT2D eigenvalue weighted by Gasteiger charge is 2.18. The molecule has 6 heteroatoms. The average Bonchev–Trinajstić information content (AvgIpc) is 2.78. The van der Waals surface area contributed by atoms with Gasteiger partial charge in [0.1, 0.15) is 0 Å². The van der Waals surface area contributed by atoms with Gasteiger partial charge in [0.2, 0.25) is 0 Å². The van der Waals surface area contributed by atoms with Gasteiger partial charge in [0.25, 0.3) is 0 Å². The van der Waals surface area contributed by atoms with Crippen molar-refractivity contribution in [2.24, 2.45) is 7.05 Å². The second-order valence-electron chi connectivity index (χ2n) is 3.67. The molecular formula is C11H10Cl2N2OS. The van der Waals surface area contributed by atoms with E-state index in [1.54, 1.807) is 23.2 Å². The van der Waals surface area contributed by atoms with Gasteiger partial charge in [-0.05, 0) is 18.4 Å². The summed E-state index contributed by atoms with van der Waals surface area (Å²) in [6, 6.07) is 1.72. The molecule has 17 heavy (non-hydrogen) atoms. The lowest BCUT2D eigenvalue weighted by Crippen LogP contribution is -2.07. The van der Waals surface area contributed by atoms with Crippen molar-refractivity contribution >= 4 is 40.3 Å². The number of thiophene rings is 1. The summed E-state index contributed by atoms with van der Waals surface area (Å²) in [6.45, 7) is 1.81. The third kappa shape index (κ3) is 2.39. The van der Waals surface area contributed by atoms with E-state index in [-0.39, 0.29) is 12.2 Å². The van der Waals surface area contributed by atoms with Crippen molar-refractivity contribution in [3.8, 4) is 0 Å². The number of hydrogen-bond acceptors (Lipinski definition) is 3. The maximum Gasteiger partial charge on any atom is 0.180 e. The summed E-state index contributed by atoms with van der Waals surface area (Å²) in [5.41, 5.74) is 1.45. The molecule has 2 heterocycles. The van der Waals surface area contributed by atoms with Crippen molar-refractivity contribution in [1.82, 2.24) is 9.78 Å². The second-order valence-corrected chi connectivity index (χ2v) is 5.37. The van der Waals surface area contributed by atoms with Crippen LogP contribution in [0.2, 0.25) is 10.0 Å². The number of aryl methyl sites for hydroxylation is 2. The first-order chi connectivity index (χ1) is 8.00. The average molecular weight is 289 g/mol. The van der Waals surface area contributed by atoms with Crippen LogP contribution in [0.25, 0.3) is 0 Å². The van der Waals surface area contributed by atoms with E-state index in [0.29, 0.717) is 14.9 Å². The first-order valence-corrected chi connectivity index (χ1v) is 6.58. The number of ketones is 1. The molecule has 90 valence electrons. The summed E-state index contributed by atoms with van der Waals surface area (Å²) in [4.78, 5) is 12.6. The lowest BCUT2D eigenvalue weighted by molar-refractivity contribution is 0.0995. The van der Waals surface area contributed by atoms with E-state index >= 15 is 0 Å². The molecule has 0 aromatic carbocycles. The van der Waals surface area contributed by atoms with Crippen molar-refractivity contribution in [2.45, 2.75) is 13.3 Å². The molecule has 3 nitrogen and oxygen atoms in total. The molecule has 0 aliphatic heterocycles. The summed E-state index contributed by atoms with van der Waals surface area (Å²) >= 11 is 13.4. The third-order valence-corrected chi connectivity index (χ3v) is 4.33. The minimum atomic E-state index is -0.0325. The predicted molar refractivity (Wildman–Crippen MR) is 70.3 cm³/mol. The van der Waals surface area contributed by atoms with E-state index in [0.717, 1.165) is 11.4 Å². The van der Waals surface area contributed by atoms with Gasteiger partial charge >= 0.3 is 0 Å². The Labute approximate surface area is 113 Å². The minimum absolute atomic E-state index is 0.0325. The number of carbonyl (C=O) groups excluding carboxylic acids is 1. The fourth-order valence-electron chi connectivity index (χ4n) is 1.60. The Kier molecular flexibility index (Phi) is 3.56. The molecule has 2 rings (SSSR count). The minimum Gasteiger partial charge on any atom is -0.293 e.